The highest BCUT2D eigenvalue weighted by atomic mass is 19.2. The number of halogens is 2. The van der Waals surface area contributed by atoms with E-state index in [1.54, 1.807) is 30.3 Å². The van der Waals surface area contributed by atoms with Crippen LogP contribution in [0.1, 0.15) is 45.5 Å². The van der Waals surface area contributed by atoms with E-state index >= 15 is 0 Å². The zero-order valence-corrected chi connectivity index (χ0v) is 14.4. The van der Waals surface area contributed by atoms with Crippen molar-refractivity contribution in [1.82, 2.24) is 10.6 Å². The van der Waals surface area contributed by atoms with Crippen molar-refractivity contribution in [3.8, 4) is 0 Å². The Morgan fingerprint density at radius 1 is 1.04 bits per heavy atom. The fourth-order valence-corrected chi connectivity index (χ4v) is 3.26. The van der Waals surface area contributed by atoms with E-state index in [0.717, 1.165) is 12.6 Å². The van der Waals surface area contributed by atoms with Crippen molar-refractivity contribution in [2.24, 2.45) is 0 Å². The summed E-state index contributed by atoms with van der Waals surface area (Å²) < 4.78 is 26.8. The van der Waals surface area contributed by atoms with Crippen LogP contribution in [0.5, 0.6) is 0 Å². The molecule has 3 rings (SSSR count). The molecule has 1 amide bonds. The highest BCUT2D eigenvalue weighted by Gasteiger charge is 2.28. The monoisotopic (exact) mass is 358 g/mol. The average molecular weight is 358 g/mol. The van der Waals surface area contributed by atoms with Gasteiger partial charge in [-0.2, -0.15) is 0 Å². The SMILES string of the molecule is CC(=O)c1ccc(C(=O)NC2CNCCC2c2ccc(F)c(F)c2)cc1. The van der Waals surface area contributed by atoms with Gasteiger partial charge in [0, 0.05) is 29.6 Å². The number of piperidine rings is 1. The number of hydrogen-bond acceptors (Lipinski definition) is 3. The van der Waals surface area contributed by atoms with E-state index in [1.807, 2.05) is 0 Å². The van der Waals surface area contributed by atoms with E-state index in [4.69, 9.17) is 0 Å². The molecule has 0 aromatic heterocycles. The summed E-state index contributed by atoms with van der Waals surface area (Å²) in [5.74, 6) is -2.19. The van der Waals surface area contributed by atoms with Crippen LogP contribution in [0.15, 0.2) is 42.5 Å². The fourth-order valence-electron chi connectivity index (χ4n) is 3.26. The molecule has 0 aliphatic carbocycles. The minimum atomic E-state index is -0.883. The molecule has 136 valence electrons. The first kappa shape index (κ1) is 18.2. The summed E-state index contributed by atoms with van der Waals surface area (Å²) >= 11 is 0. The maximum atomic E-state index is 13.6. The van der Waals surface area contributed by atoms with Crippen LogP contribution in [0.25, 0.3) is 0 Å². The van der Waals surface area contributed by atoms with Gasteiger partial charge >= 0.3 is 0 Å². The van der Waals surface area contributed by atoms with Crippen molar-refractivity contribution >= 4 is 11.7 Å². The minimum absolute atomic E-state index is 0.0631. The lowest BCUT2D eigenvalue weighted by Gasteiger charge is -2.33. The van der Waals surface area contributed by atoms with Crippen LogP contribution >= 0.6 is 0 Å². The van der Waals surface area contributed by atoms with Gasteiger partial charge in [-0.3, -0.25) is 9.59 Å². The van der Waals surface area contributed by atoms with Crippen LogP contribution in [-0.2, 0) is 0 Å². The Balaban J connectivity index is 1.76. The molecule has 1 aliphatic heterocycles. The van der Waals surface area contributed by atoms with Crippen molar-refractivity contribution in [2.75, 3.05) is 13.1 Å². The Labute approximate surface area is 150 Å². The van der Waals surface area contributed by atoms with Gasteiger partial charge in [0.05, 0.1) is 0 Å². The van der Waals surface area contributed by atoms with Crippen molar-refractivity contribution < 1.29 is 18.4 Å². The van der Waals surface area contributed by atoms with Crippen molar-refractivity contribution in [3.63, 3.8) is 0 Å². The topological polar surface area (TPSA) is 58.2 Å². The molecule has 1 aliphatic rings. The quantitative estimate of drug-likeness (QED) is 0.826. The molecule has 2 unspecified atom stereocenters. The third kappa shape index (κ3) is 3.96. The number of Topliss-reactive ketones (excluding diaryl/α,β-unsaturated/α-hetero) is 1. The smallest absolute Gasteiger partial charge is 0.251 e. The number of nitrogens with one attached hydrogen (secondary N) is 2. The molecule has 0 radical (unpaired) electrons. The first-order valence-corrected chi connectivity index (χ1v) is 8.53. The molecule has 2 N–H and O–H groups in total. The molecule has 2 aromatic carbocycles. The van der Waals surface area contributed by atoms with E-state index < -0.39 is 11.6 Å². The molecule has 0 spiro atoms. The normalized spacial score (nSPS) is 19.8. The van der Waals surface area contributed by atoms with Crippen LogP contribution in [0.4, 0.5) is 8.78 Å². The van der Waals surface area contributed by atoms with Gasteiger partial charge in [-0.05, 0) is 49.7 Å². The zero-order valence-electron chi connectivity index (χ0n) is 14.4. The number of amides is 1. The summed E-state index contributed by atoms with van der Waals surface area (Å²) in [6.07, 6.45) is 0.708. The third-order valence-electron chi connectivity index (χ3n) is 4.72. The second kappa shape index (κ2) is 7.74. The van der Waals surface area contributed by atoms with Gasteiger partial charge in [-0.15, -0.1) is 0 Å². The van der Waals surface area contributed by atoms with Crippen LogP contribution in [-0.4, -0.2) is 30.8 Å². The number of carbonyl (C=O) groups is 2. The second-order valence-corrected chi connectivity index (χ2v) is 6.49. The molecule has 2 aromatic rings. The first-order chi connectivity index (χ1) is 12.5. The Morgan fingerprint density at radius 3 is 2.38 bits per heavy atom. The van der Waals surface area contributed by atoms with Crippen LogP contribution in [0.3, 0.4) is 0 Å². The molecule has 1 saturated heterocycles. The Bertz CT molecular complexity index is 821. The Hall–Kier alpha value is -2.60. The van der Waals surface area contributed by atoms with E-state index in [0.29, 0.717) is 29.7 Å². The zero-order chi connectivity index (χ0) is 18.7. The Kier molecular flexibility index (Phi) is 5.42. The van der Waals surface area contributed by atoms with Gasteiger partial charge in [-0.1, -0.05) is 18.2 Å². The fraction of sp³-hybridized carbons (Fsp3) is 0.300. The lowest BCUT2D eigenvalue weighted by atomic mass is 9.85. The molecule has 2 atom stereocenters. The van der Waals surface area contributed by atoms with Crippen LogP contribution in [0, 0.1) is 11.6 Å². The molecule has 0 saturated carbocycles. The van der Waals surface area contributed by atoms with Gasteiger partial charge in [0.25, 0.3) is 5.91 Å². The van der Waals surface area contributed by atoms with E-state index in [1.165, 1.54) is 13.0 Å². The highest BCUT2D eigenvalue weighted by Crippen LogP contribution is 2.27. The summed E-state index contributed by atoms with van der Waals surface area (Å²) in [6, 6.07) is 10.1. The summed E-state index contributed by atoms with van der Waals surface area (Å²) in [4.78, 5) is 23.9. The number of carbonyl (C=O) groups excluding carboxylic acids is 2. The number of benzene rings is 2. The molecule has 26 heavy (non-hydrogen) atoms. The number of ketones is 1. The van der Waals surface area contributed by atoms with Gasteiger partial charge in [-0.25, -0.2) is 8.78 Å². The lowest BCUT2D eigenvalue weighted by molar-refractivity contribution is 0.0923. The Morgan fingerprint density at radius 2 is 1.73 bits per heavy atom. The predicted molar refractivity (Wildman–Crippen MR) is 94.3 cm³/mol. The molecule has 6 heteroatoms. The second-order valence-electron chi connectivity index (χ2n) is 6.49. The number of hydrogen-bond donors (Lipinski definition) is 2. The maximum Gasteiger partial charge on any atom is 0.251 e. The largest absolute Gasteiger partial charge is 0.347 e. The van der Waals surface area contributed by atoms with Crippen LogP contribution < -0.4 is 10.6 Å². The van der Waals surface area contributed by atoms with E-state index in [-0.39, 0.29) is 23.7 Å². The summed E-state index contributed by atoms with van der Waals surface area (Å²) in [7, 11) is 0. The lowest BCUT2D eigenvalue weighted by Crippen LogP contribution is -2.50. The highest BCUT2D eigenvalue weighted by molar-refractivity contribution is 5.97. The molecule has 1 heterocycles. The molecule has 0 bridgehead atoms. The van der Waals surface area contributed by atoms with E-state index in [2.05, 4.69) is 10.6 Å². The summed E-state index contributed by atoms with van der Waals surface area (Å²) in [6.45, 7) is 2.75. The summed E-state index contributed by atoms with van der Waals surface area (Å²) in [5, 5.41) is 6.18. The van der Waals surface area contributed by atoms with Crippen LogP contribution in [0.2, 0.25) is 0 Å². The molecular formula is C20H20F2N2O2. The maximum absolute atomic E-state index is 13.6. The predicted octanol–water partition coefficient (Wildman–Crippen LogP) is 3.04. The van der Waals surface area contributed by atoms with Gasteiger partial charge < -0.3 is 10.6 Å². The minimum Gasteiger partial charge on any atom is -0.347 e. The molecule has 1 fully saturated rings. The number of rotatable bonds is 4. The average Bonchev–Trinajstić information content (AvgIpc) is 2.64. The molecular weight excluding hydrogens is 338 g/mol. The molecule has 4 nitrogen and oxygen atoms in total. The van der Waals surface area contributed by atoms with Crippen molar-refractivity contribution in [3.05, 3.63) is 70.8 Å². The summed E-state index contributed by atoms with van der Waals surface area (Å²) in [5.41, 5.74) is 1.66. The standard InChI is InChI=1S/C20H20F2N2O2/c1-12(25)13-2-4-14(5-3-13)20(26)24-19-11-23-9-8-16(19)15-6-7-17(21)18(22)10-15/h2-7,10,16,19,23H,8-9,11H2,1H3,(H,24,26). The van der Waals surface area contributed by atoms with Gasteiger partial charge in [0.15, 0.2) is 17.4 Å². The first-order valence-electron chi connectivity index (χ1n) is 8.53. The van der Waals surface area contributed by atoms with E-state index in [9.17, 15) is 18.4 Å². The van der Waals surface area contributed by atoms with Gasteiger partial charge in [0.1, 0.15) is 0 Å². The van der Waals surface area contributed by atoms with Gasteiger partial charge in [0.2, 0.25) is 0 Å². The third-order valence-corrected chi connectivity index (χ3v) is 4.72. The van der Waals surface area contributed by atoms with Crippen molar-refractivity contribution in [1.29, 1.82) is 0 Å². The van der Waals surface area contributed by atoms with Crippen molar-refractivity contribution in [2.45, 2.75) is 25.3 Å².